The Morgan fingerprint density at radius 1 is 1.12 bits per heavy atom. The second-order valence-corrected chi connectivity index (χ2v) is 4.68. The molecule has 1 heterocycles. The van der Waals surface area contributed by atoms with Crippen molar-refractivity contribution >= 4 is 0 Å². The Balaban J connectivity index is 0.000000457. The summed E-state index contributed by atoms with van der Waals surface area (Å²) in [5.41, 5.74) is 6.26. The van der Waals surface area contributed by atoms with Gasteiger partial charge in [-0.1, -0.05) is 26.0 Å². The van der Waals surface area contributed by atoms with Gasteiger partial charge in [0.25, 0.3) is 0 Å². The van der Waals surface area contributed by atoms with Crippen molar-refractivity contribution in [2.45, 2.75) is 52.5 Å². The van der Waals surface area contributed by atoms with Crippen LogP contribution in [0.3, 0.4) is 0 Å². The minimum Gasteiger partial charge on any atom is -0.312 e. The standard InChI is InChI=1S/C13H17N.C2H6/c1-9-6-12-8-14-5-4-11(12)7-13(9)10-2-3-10;1-2/h6-7,10,14H,2-5,8H2,1H3;1-2H3. The molecule has 1 saturated carbocycles. The Morgan fingerprint density at radius 3 is 2.56 bits per heavy atom. The number of rotatable bonds is 1. The summed E-state index contributed by atoms with van der Waals surface area (Å²) in [5, 5.41) is 3.43. The van der Waals surface area contributed by atoms with Crippen molar-refractivity contribution in [1.29, 1.82) is 0 Å². The maximum Gasteiger partial charge on any atom is 0.0208 e. The van der Waals surface area contributed by atoms with Gasteiger partial charge in [-0.15, -0.1) is 0 Å². The number of aryl methyl sites for hydroxylation is 1. The first kappa shape index (κ1) is 11.7. The Hall–Kier alpha value is -0.820. The molecule has 3 rings (SSSR count). The van der Waals surface area contributed by atoms with Crippen LogP contribution in [-0.4, -0.2) is 6.54 Å². The van der Waals surface area contributed by atoms with E-state index < -0.39 is 0 Å². The van der Waals surface area contributed by atoms with E-state index in [0.717, 1.165) is 19.0 Å². The minimum atomic E-state index is 0.898. The molecule has 1 aromatic rings. The van der Waals surface area contributed by atoms with Crippen LogP contribution in [0.15, 0.2) is 12.1 Å². The van der Waals surface area contributed by atoms with E-state index in [-0.39, 0.29) is 0 Å². The average Bonchev–Trinajstić information content (AvgIpc) is 3.15. The molecule has 0 radical (unpaired) electrons. The van der Waals surface area contributed by atoms with Crippen molar-refractivity contribution in [3.63, 3.8) is 0 Å². The van der Waals surface area contributed by atoms with Gasteiger partial charge >= 0.3 is 0 Å². The quantitative estimate of drug-likeness (QED) is 0.758. The molecule has 1 heteroatoms. The van der Waals surface area contributed by atoms with Crippen LogP contribution in [-0.2, 0) is 13.0 Å². The number of benzene rings is 1. The second-order valence-electron chi connectivity index (χ2n) is 4.68. The summed E-state index contributed by atoms with van der Waals surface area (Å²) >= 11 is 0. The van der Waals surface area contributed by atoms with E-state index in [1.54, 1.807) is 11.1 Å². The van der Waals surface area contributed by atoms with E-state index in [2.05, 4.69) is 24.4 Å². The van der Waals surface area contributed by atoms with Crippen molar-refractivity contribution < 1.29 is 0 Å². The number of nitrogens with one attached hydrogen (secondary N) is 1. The van der Waals surface area contributed by atoms with E-state index >= 15 is 0 Å². The lowest BCUT2D eigenvalue weighted by atomic mass is 9.93. The summed E-state index contributed by atoms with van der Waals surface area (Å²) in [6.07, 6.45) is 4.05. The maximum absolute atomic E-state index is 3.43. The lowest BCUT2D eigenvalue weighted by Gasteiger charge is -2.19. The van der Waals surface area contributed by atoms with Crippen LogP contribution in [0.5, 0.6) is 0 Å². The second kappa shape index (κ2) is 5.01. The predicted octanol–water partition coefficient (Wildman–Crippen LogP) is 3.54. The van der Waals surface area contributed by atoms with E-state index in [9.17, 15) is 0 Å². The molecule has 0 amide bonds. The zero-order valence-electron chi connectivity index (χ0n) is 10.8. The van der Waals surface area contributed by atoms with Gasteiger partial charge in [0.15, 0.2) is 0 Å². The van der Waals surface area contributed by atoms with Crippen LogP contribution in [0, 0.1) is 6.92 Å². The van der Waals surface area contributed by atoms with E-state index in [1.807, 2.05) is 13.8 Å². The molecule has 0 saturated heterocycles. The van der Waals surface area contributed by atoms with Crippen molar-refractivity contribution in [3.8, 4) is 0 Å². The Morgan fingerprint density at radius 2 is 1.88 bits per heavy atom. The molecule has 1 nitrogen and oxygen atoms in total. The van der Waals surface area contributed by atoms with Gasteiger partial charge in [0.1, 0.15) is 0 Å². The normalized spacial score (nSPS) is 18.4. The maximum atomic E-state index is 3.43. The van der Waals surface area contributed by atoms with E-state index in [4.69, 9.17) is 0 Å². The zero-order chi connectivity index (χ0) is 11.5. The minimum absolute atomic E-state index is 0.898. The van der Waals surface area contributed by atoms with Crippen molar-refractivity contribution in [2.75, 3.05) is 6.54 Å². The third kappa shape index (κ3) is 2.30. The molecule has 16 heavy (non-hydrogen) atoms. The van der Waals surface area contributed by atoms with Crippen molar-refractivity contribution in [3.05, 3.63) is 34.4 Å². The fourth-order valence-electron chi connectivity index (χ4n) is 2.51. The summed E-state index contributed by atoms with van der Waals surface area (Å²) in [6.45, 7) is 8.49. The van der Waals surface area contributed by atoms with Gasteiger partial charge in [-0.3, -0.25) is 0 Å². The molecule has 1 N–H and O–H groups in total. The first-order valence-electron chi connectivity index (χ1n) is 6.67. The van der Waals surface area contributed by atoms with E-state index in [1.165, 1.54) is 30.4 Å². The first-order valence-corrected chi connectivity index (χ1v) is 6.67. The molecular weight excluding hydrogens is 194 g/mol. The van der Waals surface area contributed by atoms with Crippen LogP contribution in [0.4, 0.5) is 0 Å². The molecule has 1 fully saturated rings. The van der Waals surface area contributed by atoms with Crippen LogP contribution in [0.25, 0.3) is 0 Å². The molecule has 1 aromatic carbocycles. The van der Waals surface area contributed by atoms with Gasteiger partial charge in [-0.25, -0.2) is 0 Å². The zero-order valence-corrected chi connectivity index (χ0v) is 10.8. The number of fused-ring (bicyclic) bond motifs is 1. The lowest BCUT2D eigenvalue weighted by molar-refractivity contribution is 0.642. The summed E-state index contributed by atoms with van der Waals surface area (Å²) in [4.78, 5) is 0. The Kier molecular flexibility index (Phi) is 3.65. The molecule has 0 unspecified atom stereocenters. The summed E-state index contributed by atoms with van der Waals surface area (Å²) in [5.74, 6) is 0.898. The Labute approximate surface area is 99.3 Å². The topological polar surface area (TPSA) is 12.0 Å². The molecule has 0 aromatic heterocycles. The highest BCUT2D eigenvalue weighted by atomic mass is 14.9. The van der Waals surface area contributed by atoms with Crippen molar-refractivity contribution in [1.82, 2.24) is 5.32 Å². The first-order chi connectivity index (χ1) is 7.84. The predicted molar refractivity (Wildman–Crippen MR) is 69.9 cm³/mol. The monoisotopic (exact) mass is 217 g/mol. The van der Waals surface area contributed by atoms with Gasteiger partial charge in [0.2, 0.25) is 0 Å². The van der Waals surface area contributed by atoms with Gasteiger partial charge < -0.3 is 5.32 Å². The van der Waals surface area contributed by atoms with Crippen LogP contribution in [0.2, 0.25) is 0 Å². The highest BCUT2D eigenvalue weighted by molar-refractivity contribution is 5.42. The van der Waals surface area contributed by atoms with Crippen LogP contribution in [0.1, 0.15) is 54.9 Å². The molecule has 88 valence electrons. The average molecular weight is 217 g/mol. The molecule has 1 aliphatic heterocycles. The summed E-state index contributed by atoms with van der Waals surface area (Å²) < 4.78 is 0. The van der Waals surface area contributed by atoms with Gasteiger partial charge in [0, 0.05) is 6.54 Å². The summed E-state index contributed by atoms with van der Waals surface area (Å²) in [7, 11) is 0. The van der Waals surface area contributed by atoms with Crippen LogP contribution >= 0.6 is 0 Å². The van der Waals surface area contributed by atoms with Crippen LogP contribution < -0.4 is 5.32 Å². The lowest BCUT2D eigenvalue weighted by Crippen LogP contribution is -2.23. The number of hydrogen-bond donors (Lipinski definition) is 1. The van der Waals surface area contributed by atoms with Gasteiger partial charge in [-0.05, 0) is 60.9 Å². The fraction of sp³-hybridized carbons (Fsp3) is 0.600. The molecule has 0 spiro atoms. The molecule has 1 aliphatic carbocycles. The molecule has 0 atom stereocenters. The third-order valence-corrected chi connectivity index (χ3v) is 3.49. The van der Waals surface area contributed by atoms with Gasteiger partial charge in [-0.2, -0.15) is 0 Å². The molecule has 2 aliphatic rings. The summed E-state index contributed by atoms with van der Waals surface area (Å²) in [6, 6.07) is 4.87. The molecule has 0 bridgehead atoms. The highest BCUT2D eigenvalue weighted by Crippen LogP contribution is 2.42. The fourth-order valence-corrected chi connectivity index (χ4v) is 2.51. The smallest absolute Gasteiger partial charge is 0.0208 e. The molecular formula is C15H23N. The largest absolute Gasteiger partial charge is 0.312 e. The third-order valence-electron chi connectivity index (χ3n) is 3.49. The van der Waals surface area contributed by atoms with E-state index in [0.29, 0.717) is 0 Å². The van der Waals surface area contributed by atoms with Crippen molar-refractivity contribution in [2.24, 2.45) is 0 Å². The number of hydrogen-bond acceptors (Lipinski definition) is 1. The van der Waals surface area contributed by atoms with Gasteiger partial charge in [0.05, 0.1) is 0 Å². The highest BCUT2D eigenvalue weighted by Gasteiger charge is 2.26. The SMILES string of the molecule is CC.Cc1cc2c(cc1C1CC1)CCNC2. The Bertz CT molecular complexity index is 364.